The Morgan fingerprint density at radius 3 is 2.78 bits per heavy atom. The summed E-state index contributed by atoms with van der Waals surface area (Å²) >= 11 is 4.88. The number of benzene rings is 1. The van der Waals surface area contributed by atoms with Gasteiger partial charge in [-0.1, -0.05) is 33.8 Å². The first-order chi connectivity index (χ1) is 10.9. The molecule has 0 radical (unpaired) electrons. The van der Waals surface area contributed by atoms with Gasteiger partial charge in [-0.3, -0.25) is 4.79 Å². The van der Waals surface area contributed by atoms with E-state index in [1.807, 2.05) is 29.2 Å². The van der Waals surface area contributed by atoms with E-state index in [0.29, 0.717) is 5.17 Å². The smallest absolute Gasteiger partial charge is 0.251 e. The zero-order valence-corrected chi connectivity index (χ0v) is 15.4. The van der Waals surface area contributed by atoms with Crippen molar-refractivity contribution < 1.29 is 13.2 Å². The zero-order valence-electron chi connectivity index (χ0n) is 12.2. The van der Waals surface area contributed by atoms with E-state index in [0.717, 1.165) is 23.0 Å². The van der Waals surface area contributed by atoms with Gasteiger partial charge in [0.25, 0.3) is 5.91 Å². The van der Waals surface area contributed by atoms with Crippen molar-refractivity contribution in [2.75, 3.05) is 16.4 Å². The highest BCUT2D eigenvalue weighted by molar-refractivity contribution is 9.10. The van der Waals surface area contributed by atoms with Gasteiger partial charge in [0.05, 0.1) is 17.5 Å². The minimum absolute atomic E-state index is 0.0512. The molecule has 1 aliphatic carbocycles. The second-order valence-corrected chi connectivity index (χ2v) is 10.4. The average molecular weight is 415 g/mol. The molecular formula is C15H15BrN2O3S2. The van der Waals surface area contributed by atoms with Crippen molar-refractivity contribution in [3.8, 4) is 0 Å². The van der Waals surface area contributed by atoms with E-state index < -0.39 is 9.84 Å². The monoisotopic (exact) mass is 414 g/mol. The van der Waals surface area contributed by atoms with Crippen LogP contribution in [0.4, 0.5) is 5.69 Å². The molecule has 2 heterocycles. The molecule has 8 heteroatoms. The number of hydrogen-bond acceptors (Lipinski definition) is 4. The van der Waals surface area contributed by atoms with E-state index in [1.54, 1.807) is 0 Å². The summed E-state index contributed by atoms with van der Waals surface area (Å²) in [6.07, 6.45) is 1.83. The number of thioether (sulfide) groups is 1. The SMILES string of the molecule is O=C(N=C1S[C@H]2CS(=O)(=O)C[C@@H]2N1c1cccc(Br)c1)C1CC1. The van der Waals surface area contributed by atoms with Gasteiger partial charge in [-0.15, -0.1) is 0 Å². The predicted molar refractivity (Wildman–Crippen MR) is 95.6 cm³/mol. The molecule has 0 spiro atoms. The van der Waals surface area contributed by atoms with Crippen molar-refractivity contribution >= 4 is 54.3 Å². The van der Waals surface area contributed by atoms with Crippen molar-refractivity contribution in [2.24, 2.45) is 10.9 Å². The summed E-state index contributed by atoms with van der Waals surface area (Å²) < 4.78 is 24.9. The number of fused-ring (bicyclic) bond motifs is 1. The van der Waals surface area contributed by atoms with Crippen molar-refractivity contribution in [1.82, 2.24) is 0 Å². The number of halogens is 1. The van der Waals surface area contributed by atoms with E-state index in [1.165, 1.54) is 11.8 Å². The maximum absolute atomic E-state index is 12.1. The van der Waals surface area contributed by atoms with Crippen LogP contribution in [0.25, 0.3) is 0 Å². The summed E-state index contributed by atoms with van der Waals surface area (Å²) in [6.45, 7) is 0. The fourth-order valence-corrected chi connectivity index (χ4v) is 7.31. The summed E-state index contributed by atoms with van der Waals surface area (Å²) in [6, 6.07) is 7.54. The van der Waals surface area contributed by atoms with Gasteiger partial charge in [0.15, 0.2) is 15.0 Å². The predicted octanol–water partition coefficient (Wildman–Crippen LogP) is 2.46. The van der Waals surface area contributed by atoms with Crippen LogP contribution >= 0.6 is 27.7 Å². The maximum atomic E-state index is 12.1. The molecule has 1 amide bonds. The van der Waals surface area contributed by atoms with Gasteiger partial charge >= 0.3 is 0 Å². The van der Waals surface area contributed by atoms with E-state index >= 15 is 0 Å². The number of rotatable bonds is 2. The molecule has 0 aromatic heterocycles. The van der Waals surface area contributed by atoms with Crippen LogP contribution in [0.3, 0.4) is 0 Å². The van der Waals surface area contributed by atoms with Gasteiger partial charge < -0.3 is 4.90 Å². The summed E-state index contributed by atoms with van der Waals surface area (Å²) in [4.78, 5) is 18.3. The van der Waals surface area contributed by atoms with Crippen LogP contribution in [-0.4, -0.2) is 42.3 Å². The molecule has 0 unspecified atom stereocenters. The van der Waals surface area contributed by atoms with Crippen molar-refractivity contribution in [1.29, 1.82) is 0 Å². The summed E-state index contributed by atoms with van der Waals surface area (Å²) in [5.41, 5.74) is 0.874. The lowest BCUT2D eigenvalue weighted by Gasteiger charge is -2.24. The lowest BCUT2D eigenvalue weighted by molar-refractivity contribution is -0.118. The molecule has 3 fully saturated rings. The van der Waals surface area contributed by atoms with E-state index in [-0.39, 0.29) is 34.6 Å². The Balaban J connectivity index is 1.73. The third-order valence-corrected chi connectivity index (χ3v) is 7.99. The molecule has 4 rings (SSSR count). The van der Waals surface area contributed by atoms with E-state index in [4.69, 9.17) is 0 Å². The van der Waals surface area contributed by atoms with Gasteiger partial charge in [-0.2, -0.15) is 4.99 Å². The Kier molecular flexibility index (Phi) is 3.81. The van der Waals surface area contributed by atoms with Crippen LogP contribution in [0.15, 0.2) is 33.7 Å². The van der Waals surface area contributed by atoms with Crippen LogP contribution in [0.1, 0.15) is 12.8 Å². The molecule has 5 nitrogen and oxygen atoms in total. The zero-order chi connectivity index (χ0) is 16.2. The van der Waals surface area contributed by atoms with Crippen molar-refractivity contribution in [3.05, 3.63) is 28.7 Å². The number of hydrogen-bond donors (Lipinski definition) is 0. The van der Waals surface area contributed by atoms with Gasteiger partial charge in [-0.25, -0.2) is 8.42 Å². The molecule has 1 saturated carbocycles. The number of carbonyl (C=O) groups excluding carboxylic acids is 1. The van der Waals surface area contributed by atoms with Crippen LogP contribution in [0.5, 0.6) is 0 Å². The number of carbonyl (C=O) groups is 1. The fraction of sp³-hybridized carbons (Fsp3) is 0.467. The summed E-state index contributed by atoms with van der Waals surface area (Å²) in [5.74, 6) is 0.268. The minimum atomic E-state index is -3.03. The maximum Gasteiger partial charge on any atom is 0.251 e. The highest BCUT2D eigenvalue weighted by Gasteiger charge is 2.49. The first-order valence-corrected chi connectivity index (χ1v) is 11.0. The quantitative estimate of drug-likeness (QED) is 0.743. The number of aliphatic imine (C=N–C) groups is 1. The number of anilines is 1. The molecule has 1 aromatic rings. The first-order valence-electron chi connectivity index (χ1n) is 7.47. The third kappa shape index (κ3) is 3.08. The molecule has 2 aliphatic heterocycles. The second kappa shape index (κ2) is 5.60. The highest BCUT2D eigenvalue weighted by atomic mass is 79.9. The highest BCUT2D eigenvalue weighted by Crippen LogP contribution is 2.42. The molecule has 1 aromatic carbocycles. The molecular weight excluding hydrogens is 400 g/mol. The second-order valence-electron chi connectivity index (χ2n) is 6.16. The molecule has 2 atom stereocenters. The average Bonchev–Trinajstić information content (AvgIpc) is 3.20. The molecule has 0 N–H and O–H groups in total. The van der Waals surface area contributed by atoms with Crippen molar-refractivity contribution in [2.45, 2.75) is 24.1 Å². The number of sulfone groups is 1. The number of amides is 1. The Hall–Kier alpha value is -0.860. The van der Waals surface area contributed by atoms with Crippen LogP contribution in [0.2, 0.25) is 0 Å². The summed E-state index contributed by atoms with van der Waals surface area (Å²) in [5, 5.41) is 0.592. The Labute approximate surface area is 147 Å². The third-order valence-electron chi connectivity index (χ3n) is 4.29. The van der Waals surface area contributed by atoms with Gasteiger partial charge in [-0.05, 0) is 31.0 Å². The lowest BCUT2D eigenvalue weighted by atomic mass is 10.2. The molecule has 3 aliphatic rings. The van der Waals surface area contributed by atoms with Crippen LogP contribution in [0, 0.1) is 5.92 Å². The first kappa shape index (κ1) is 15.7. The largest absolute Gasteiger partial charge is 0.316 e. The standard InChI is InChI=1S/C15H15BrN2O3S2/c16-10-2-1-3-11(6-10)18-12-7-23(20,21)8-13(12)22-15(18)17-14(19)9-4-5-9/h1-3,6,9,12-13H,4-5,7-8H2/t12-,13-/m0/s1. The molecule has 2 saturated heterocycles. The molecule has 122 valence electrons. The van der Waals surface area contributed by atoms with Crippen LogP contribution < -0.4 is 4.90 Å². The topological polar surface area (TPSA) is 66.8 Å². The van der Waals surface area contributed by atoms with Gasteiger partial charge in [0.1, 0.15) is 0 Å². The lowest BCUT2D eigenvalue weighted by Crippen LogP contribution is -2.37. The Morgan fingerprint density at radius 1 is 1.30 bits per heavy atom. The normalized spacial score (nSPS) is 30.7. The van der Waals surface area contributed by atoms with Gasteiger partial charge in [0.2, 0.25) is 0 Å². The van der Waals surface area contributed by atoms with E-state index in [2.05, 4.69) is 20.9 Å². The van der Waals surface area contributed by atoms with E-state index in [9.17, 15) is 13.2 Å². The Morgan fingerprint density at radius 2 is 2.09 bits per heavy atom. The minimum Gasteiger partial charge on any atom is -0.316 e. The van der Waals surface area contributed by atoms with Crippen molar-refractivity contribution in [3.63, 3.8) is 0 Å². The fourth-order valence-electron chi connectivity index (χ4n) is 3.01. The Bertz CT molecular complexity index is 805. The number of nitrogens with zero attached hydrogens (tertiary/aromatic N) is 2. The number of amidine groups is 1. The molecule has 23 heavy (non-hydrogen) atoms. The summed E-state index contributed by atoms with van der Waals surface area (Å²) in [7, 11) is -3.03. The van der Waals surface area contributed by atoms with Gasteiger partial charge in [0, 0.05) is 21.3 Å². The molecule has 0 bridgehead atoms. The van der Waals surface area contributed by atoms with Crippen LogP contribution in [-0.2, 0) is 14.6 Å².